The Bertz CT molecular complexity index is 489. The van der Waals surface area contributed by atoms with E-state index in [0.29, 0.717) is 30.5 Å². The van der Waals surface area contributed by atoms with E-state index < -0.39 is 34.9 Å². The molecule has 2 amide bonds. The summed E-state index contributed by atoms with van der Waals surface area (Å²) in [7, 11) is 0. The highest BCUT2D eigenvalue weighted by molar-refractivity contribution is 6.28. The molecular weight excluding hydrogens is 302 g/mol. The molecule has 21 heavy (non-hydrogen) atoms. The largest absolute Gasteiger partial charge is 0.445 e. The Morgan fingerprint density at radius 1 is 1.38 bits per heavy atom. The van der Waals surface area contributed by atoms with Crippen LogP contribution in [0, 0.1) is 0 Å². The molecule has 118 valence electrons. The van der Waals surface area contributed by atoms with E-state index in [1.807, 2.05) is 6.92 Å². The summed E-state index contributed by atoms with van der Waals surface area (Å²) in [4.78, 5) is 22.8. The van der Waals surface area contributed by atoms with Crippen molar-refractivity contribution in [3.8, 4) is 0 Å². The van der Waals surface area contributed by atoms with E-state index in [4.69, 9.17) is 26.0 Å². The smallest absolute Gasteiger partial charge is 0.432 e. The van der Waals surface area contributed by atoms with Gasteiger partial charge in [0.2, 0.25) is 5.91 Å². The summed E-state index contributed by atoms with van der Waals surface area (Å²) in [5, 5.41) is 11.0. The van der Waals surface area contributed by atoms with Crippen LogP contribution in [0.5, 0.6) is 0 Å². The predicted octanol–water partition coefficient (Wildman–Crippen LogP) is 0.967. The van der Waals surface area contributed by atoms with Crippen LogP contribution in [0.25, 0.3) is 0 Å². The van der Waals surface area contributed by atoms with Gasteiger partial charge >= 0.3 is 6.09 Å². The fourth-order valence-corrected chi connectivity index (χ4v) is 3.19. The molecule has 0 aromatic heterocycles. The van der Waals surface area contributed by atoms with Crippen molar-refractivity contribution in [1.29, 1.82) is 0 Å². The molecule has 0 bridgehead atoms. The maximum Gasteiger partial charge on any atom is 0.432 e. The monoisotopic (exact) mass is 319 g/mol. The zero-order valence-electron chi connectivity index (χ0n) is 11.9. The molecule has 3 rings (SSSR count). The number of carbonyl (C=O) groups is 2. The van der Waals surface area contributed by atoms with Gasteiger partial charge in [0.15, 0.2) is 0 Å². The number of epoxide rings is 2. The van der Waals surface area contributed by atoms with Gasteiger partial charge in [0, 0.05) is 25.1 Å². The van der Waals surface area contributed by atoms with Crippen LogP contribution in [-0.4, -0.2) is 57.6 Å². The van der Waals surface area contributed by atoms with E-state index in [1.165, 1.54) is 0 Å². The third-order valence-electron chi connectivity index (χ3n) is 4.80. The fraction of sp³-hybridized carbons (Fsp3) is 0.846. The van der Waals surface area contributed by atoms with Gasteiger partial charge in [-0.15, -0.1) is 0 Å². The van der Waals surface area contributed by atoms with E-state index >= 15 is 0 Å². The number of ether oxygens (including phenoxy) is 3. The van der Waals surface area contributed by atoms with Gasteiger partial charge in [-0.25, -0.2) is 4.79 Å². The molecule has 4 atom stereocenters. The lowest BCUT2D eigenvalue weighted by atomic mass is 9.67. The van der Waals surface area contributed by atoms with E-state index in [1.54, 1.807) is 0 Å². The molecule has 1 spiro atoms. The lowest BCUT2D eigenvalue weighted by Gasteiger charge is -2.43. The molecule has 0 radical (unpaired) electrons. The Hall–Kier alpha value is -0.890. The van der Waals surface area contributed by atoms with Crippen molar-refractivity contribution in [3.63, 3.8) is 0 Å². The molecule has 3 unspecified atom stereocenters. The van der Waals surface area contributed by atoms with Crippen LogP contribution in [0.4, 0.5) is 4.79 Å². The van der Waals surface area contributed by atoms with Crippen molar-refractivity contribution in [3.05, 3.63) is 0 Å². The van der Waals surface area contributed by atoms with Crippen LogP contribution in [-0.2, 0) is 19.0 Å². The van der Waals surface area contributed by atoms with Crippen molar-refractivity contribution < 1.29 is 28.9 Å². The number of hydrogen-bond donors (Lipinski definition) is 1. The maximum atomic E-state index is 11.7. The molecular formula is C13H18ClNO6. The molecule has 1 aliphatic carbocycles. The number of rotatable bonds is 2. The Balaban J connectivity index is 1.70. The Morgan fingerprint density at radius 2 is 2.00 bits per heavy atom. The number of halogens is 1. The highest BCUT2D eigenvalue weighted by atomic mass is 35.5. The van der Waals surface area contributed by atoms with E-state index in [-0.39, 0.29) is 6.42 Å². The lowest BCUT2D eigenvalue weighted by Crippen LogP contribution is -2.60. The highest BCUT2D eigenvalue weighted by Gasteiger charge is 2.74. The molecule has 1 saturated carbocycles. The van der Waals surface area contributed by atoms with E-state index in [0.717, 1.165) is 6.92 Å². The molecule has 1 N–H and O–H groups in total. The third-order valence-corrected chi connectivity index (χ3v) is 5.17. The van der Waals surface area contributed by atoms with Crippen LogP contribution in [0.1, 0.15) is 33.1 Å². The molecule has 8 heteroatoms. The Kier molecular flexibility index (Phi) is 3.26. The van der Waals surface area contributed by atoms with Gasteiger partial charge in [0.05, 0.1) is 13.2 Å². The van der Waals surface area contributed by atoms with Gasteiger partial charge < -0.3 is 19.3 Å². The summed E-state index contributed by atoms with van der Waals surface area (Å²) >= 11 is 5.52. The van der Waals surface area contributed by atoms with Gasteiger partial charge in [-0.05, 0) is 19.8 Å². The van der Waals surface area contributed by atoms with Crippen LogP contribution in [0.3, 0.4) is 0 Å². The van der Waals surface area contributed by atoms with Gasteiger partial charge in [-0.3, -0.25) is 4.79 Å². The average Bonchev–Trinajstić information content (AvgIpc) is 3.31. The first-order valence-electron chi connectivity index (χ1n) is 6.90. The SMILES string of the molecule is CC(=O)N(Cl)C(=O)O[C@@H]1CCC2(CO2)C(O)(C2(C)CO2)C1. The van der Waals surface area contributed by atoms with Crippen LogP contribution in [0.15, 0.2) is 0 Å². The fourth-order valence-electron chi connectivity index (χ4n) is 3.15. The summed E-state index contributed by atoms with van der Waals surface area (Å²) < 4.78 is 16.5. The summed E-state index contributed by atoms with van der Waals surface area (Å²) in [6.07, 6.45) is -0.127. The van der Waals surface area contributed by atoms with Crippen molar-refractivity contribution >= 4 is 23.8 Å². The Morgan fingerprint density at radius 3 is 2.48 bits per heavy atom. The minimum absolute atomic E-state index is 0.206. The van der Waals surface area contributed by atoms with Crippen LogP contribution < -0.4 is 0 Å². The van der Waals surface area contributed by atoms with Gasteiger partial charge in [0.25, 0.3) is 0 Å². The minimum atomic E-state index is -1.20. The maximum absolute atomic E-state index is 11.7. The molecule has 2 heterocycles. The van der Waals surface area contributed by atoms with Crippen LogP contribution >= 0.6 is 11.8 Å². The first-order valence-corrected chi connectivity index (χ1v) is 7.24. The van der Waals surface area contributed by atoms with Crippen LogP contribution in [0.2, 0.25) is 0 Å². The molecule has 7 nitrogen and oxygen atoms in total. The number of amides is 2. The van der Waals surface area contributed by atoms with Gasteiger partial charge in [-0.1, -0.05) is 0 Å². The van der Waals surface area contributed by atoms with Crippen molar-refractivity contribution in [2.45, 2.75) is 56.0 Å². The predicted molar refractivity (Wildman–Crippen MR) is 70.5 cm³/mol. The van der Waals surface area contributed by atoms with Gasteiger partial charge in [0.1, 0.15) is 22.9 Å². The molecule has 2 saturated heterocycles. The van der Waals surface area contributed by atoms with Crippen molar-refractivity contribution in [2.75, 3.05) is 13.2 Å². The summed E-state index contributed by atoms with van der Waals surface area (Å²) in [6.45, 7) is 3.92. The first-order chi connectivity index (χ1) is 9.73. The lowest BCUT2D eigenvalue weighted by molar-refractivity contribution is -0.143. The normalized spacial score (nSPS) is 44.3. The summed E-state index contributed by atoms with van der Waals surface area (Å²) in [6, 6.07) is 0. The van der Waals surface area contributed by atoms with E-state index in [2.05, 4.69) is 0 Å². The molecule has 2 aliphatic heterocycles. The zero-order chi connectivity index (χ0) is 15.5. The quantitative estimate of drug-likeness (QED) is 0.602. The summed E-state index contributed by atoms with van der Waals surface area (Å²) in [5.41, 5.74) is -2.46. The Labute approximate surface area is 127 Å². The zero-order valence-corrected chi connectivity index (χ0v) is 12.7. The number of hydrogen-bond acceptors (Lipinski definition) is 6. The molecule has 0 aromatic carbocycles. The number of aliphatic hydroxyl groups is 1. The van der Waals surface area contributed by atoms with E-state index in [9.17, 15) is 14.7 Å². The highest BCUT2D eigenvalue weighted by Crippen LogP contribution is 2.58. The average molecular weight is 320 g/mol. The van der Waals surface area contributed by atoms with Crippen molar-refractivity contribution in [2.24, 2.45) is 0 Å². The van der Waals surface area contributed by atoms with Gasteiger partial charge in [-0.2, -0.15) is 4.42 Å². The molecule has 3 aliphatic rings. The minimum Gasteiger partial charge on any atom is -0.445 e. The second-order valence-electron chi connectivity index (χ2n) is 6.21. The first kappa shape index (κ1) is 15.0. The van der Waals surface area contributed by atoms with Crippen molar-refractivity contribution in [1.82, 2.24) is 4.42 Å². The number of carbonyl (C=O) groups excluding carboxylic acids is 2. The third kappa shape index (κ3) is 2.23. The number of nitrogens with zero attached hydrogens (tertiary/aromatic N) is 1. The standard InChI is InChI=1S/C13H18ClNO6/c1-8(16)15(14)10(17)21-9-3-4-12(7-20-12)13(18,5-9)11(2)6-19-11/h9,18H,3-7H2,1-2H3/t9-,11?,12?,13?/m1/s1. The summed E-state index contributed by atoms with van der Waals surface area (Å²) in [5.74, 6) is -0.618. The topological polar surface area (TPSA) is 91.9 Å². The second-order valence-corrected chi connectivity index (χ2v) is 6.55. The molecule has 0 aromatic rings. The molecule has 3 fully saturated rings. The second kappa shape index (κ2) is 4.55. The number of imide groups is 1.